The smallest absolute Gasteiger partial charge is 0.300 e. The molecule has 1 aliphatic carbocycles. The van der Waals surface area contributed by atoms with Crippen molar-refractivity contribution < 1.29 is 19.4 Å². The molecule has 28 heavy (non-hydrogen) atoms. The van der Waals surface area contributed by atoms with Gasteiger partial charge in [0.05, 0.1) is 13.1 Å². The van der Waals surface area contributed by atoms with Gasteiger partial charge in [-0.3, -0.25) is 29.9 Å². The van der Waals surface area contributed by atoms with E-state index in [-0.39, 0.29) is 30.6 Å². The summed E-state index contributed by atoms with van der Waals surface area (Å²) in [7, 11) is 0. The monoisotopic (exact) mass is 389 g/mol. The van der Waals surface area contributed by atoms with E-state index in [0.29, 0.717) is 13.0 Å². The normalized spacial score (nSPS) is 29.2. The Morgan fingerprint density at radius 2 is 1.79 bits per heavy atom. The number of likely N-dealkylation sites (tertiary alicyclic amines) is 1. The summed E-state index contributed by atoms with van der Waals surface area (Å²) in [6.07, 6.45) is 1.13. The number of piperidine rings is 1. The molecule has 0 saturated carbocycles. The molecule has 1 fully saturated rings. The Balaban J connectivity index is 2.34. The van der Waals surface area contributed by atoms with E-state index in [1.54, 1.807) is 17.0 Å². The fourth-order valence-electron chi connectivity index (χ4n) is 4.86. The van der Waals surface area contributed by atoms with E-state index in [0.717, 1.165) is 6.42 Å². The average Bonchev–Trinajstić information content (AvgIpc) is 2.64. The standard InChI is InChI=1S/C19H23N3O6/c1-3-4-9-20-11-18(21(25)26)15-8-6-5-7-14(15)17(24)19(12-20,22(27)28)16(18)10-13(2)23/h5-8,16H,3-4,9-12H2,1-2H3/t16-,18+,19-/m1/s1. The lowest BCUT2D eigenvalue weighted by atomic mass is 9.56. The van der Waals surface area contributed by atoms with Gasteiger partial charge in [-0.05, 0) is 19.9 Å². The second-order valence-electron chi connectivity index (χ2n) is 7.76. The highest BCUT2D eigenvalue weighted by Gasteiger charge is 2.77. The molecule has 1 heterocycles. The lowest BCUT2D eigenvalue weighted by Gasteiger charge is -2.50. The summed E-state index contributed by atoms with van der Waals surface area (Å²) >= 11 is 0. The van der Waals surface area contributed by atoms with Crippen LogP contribution in [0.5, 0.6) is 0 Å². The van der Waals surface area contributed by atoms with E-state index in [1.165, 1.54) is 19.1 Å². The largest absolute Gasteiger partial charge is 0.306 e. The molecule has 1 aromatic carbocycles. The molecule has 2 bridgehead atoms. The van der Waals surface area contributed by atoms with Crippen LogP contribution in [-0.4, -0.2) is 51.5 Å². The maximum atomic E-state index is 13.4. The Morgan fingerprint density at radius 3 is 2.36 bits per heavy atom. The summed E-state index contributed by atoms with van der Waals surface area (Å²) in [5, 5.41) is 24.8. The van der Waals surface area contributed by atoms with Gasteiger partial charge < -0.3 is 4.79 Å². The Hall–Kier alpha value is -2.68. The first-order chi connectivity index (χ1) is 13.2. The lowest BCUT2D eigenvalue weighted by Crippen LogP contribution is -2.75. The molecule has 1 saturated heterocycles. The molecule has 0 aromatic heterocycles. The van der Waals surface area contributed by atoms with Gasteiger partial charge in [0.15, 0.2) is 0 Å². The second kappa shape index (κ2) is 7.05. The summed E-state index contributed by atoms with van der Waals surface area (Å²) in [5.41, 5.74) is -3.89. The highest BCUT2D eigenvalue weighted by atomic mass is 16.6. The minimum atomic E-state index is -2.21. The highest BCUT2D eigenvalue weighted by Crippen LogP contribution is 2.53. The van der Waals surface area contributed by atoms with Crippen LogP contribution in [0.2, 0.25) is 0 Å². The number of hydrogen-bond donors (Lipinski definition) is 0. The van der Waals surface area contributed by atoms with Gasteiger partial charge in [0.2, 0.25) is 5.78 Å². The molecule has 2 aliphatic rings. The van der Waals surface area contributed by atoms with Crippen LogP contribution in [0.3, 0.4) is 0 Å². The number of ketones is 2. The molecule has 9 nitrogen and oxygen atoms in total. The fourth-order valence-corrected chi connectivity index (χ4v) is 4.86. The van der Waals surface area contributed by atoms with Crippen molar-refractivity contribution in [3.05, 3.63) is 55.6 Å². The van der Waals surface area contributed by atoms with Crippen molar-refractivity contribution in [3.63, 3.8) is 0 Å². The van der Waals surface area contributed by atoms with Gasteiger partial charge in [0.25, 0.3) is 5.54 Å². The van der Waals surface area contributed by atoms with Crippen LogP contribution in [0.15, 0.2) is 24.3 Å². The van der Waals surface area contributed by atoms with Crippen molar-refractivity contribution >= 4 is 11.6 Å². The number of nitro groups is 2. The van der Waals surface area contributed by atoms with Crippen molar-refractivity contribution in [1.82, 2.24) is 4.90 Å². The quantitative estimate of drug-likeness (QED) is 0.516. The summed E-state index contributed by atoms with van der Waals surface area (Å²) < 4.78 is 0. The van der Waals surface area contributed by atoms with Crippen LogP contribution in [0.4, 0.5) is 0 Å². The first-order valence-corrected chi connectivity index (χ1v) is 9.37. The van der Waals surface area contributed by atoms with E-state index < -0.39 is 38.4 Å². The molecule has 9 heteroatoms. The first kappa shape index (κ1) is 20.1. The number of hydrogen-bond acceptors (Lipinski definition) is 7. The zero-order chi connectivity index (χ0) is 20.7. The van der Waals surface area contributed by atoms with Gasteiger partial charge in [0, 0.05) is 27.4 Å². The number of fused-ring (bicyclic) bond motifs is 4. The number of Topliss-reactive ketones (excluding diaryl/α,β-unsaturated/α-hetero) is 2. The van der Waals surface area contributed by atoms with Crippen molar-refractivity contribution in [2.45, 2.75) is 44.2 Å². The van der Waals surface area contributed by atoms with Crippen molar-refractivity contribution in [2.24, 2.45) is 5.92 Å². The average molecular weight is 389 g/mol. The van der Waals surface area contributed by atoms with Gasteiger partial charge in [-0.15, -0.1) is 0 Å². The van der Waals surface area contributed by atoms with Gasteiger partial charge in [-0.1, -0.05) is 37.6 Å². The Morgan fingerprint density at radius 1 is 1.18 bits per heavy atom. The number of nitrogens with zero attached hydrogens (tertiary/aromatic N) is 3. The molecule has 0 spiro atoms. The molecule has 3 atom stereocenters. The Bertz CT molecular complexity index is 856. The van der Waals surface area contributed by atoms with Gasteiger partial charge in [-0.25, -0.2) is 0 Å². The fraction of sp³-hybridized carbons (Fsp3) is 0.579. The third-order valence-electron chi connectivity index (χ3n) is 6.08. The maximum Gasteiger partial charge on any atom is 0.306 e. The third-order valence-corrected chi connectivity index (χ3v) is 6.08. The highest BCUT2D eigenvalue weighted by molar-refractivity contribution is 6.06. The number of carbonyl (C=O) groups excluding carboxylic acids is 2. The summed E-state index contributed by atoms with van der Waals surface area (Å²) in [6.45, 7) is 3.34. The van der Waals surface area contributed by atoms with E-state index in [2.05, 4.69) is 0 Å². The zero-order valence-electron chi connectivity index (χ0n) is 15.9. The van der Waals surface area contributed by atoms with Crippen LogP contribution in [0.25, 0.3) is 0 Å². The molecule has 0 amide bonds. The lowest BCUT2D eigenvalue weighted by molar-refractivity contribution is -0.640. The van der Waals surface area contributed by atoms with Crippen LogP contribution in [0, 0.1) is 26.1 Å². The topological polar surface area (TPSA) is 124 Å². The van der Waals surface area contributed by atoms with E-state index in [1.807, 2.05) is 6.92 Å². The Labute approximate surface area is 162 Å². The summed E-state index contributed by atoms with van der Waals surface area (Å²) in [5.74, 6) is -2.47. The zero-order valence-corrected chi connectivity index (χ0v) is 15.9. The van der Waals surface area contributed by atoms with Crippen molar-refractivity contribution in [2.75, 3.05) is 19.6 Å². The van der Waals surface area contributed by atoms with Crippen molar-refractivity contribution in [3.8, 4) is 0 Å². The molecule has 1 aliphatic heterocycles. The van der Waals surface area contributed by atoms with E-state index in [9.17, 15) is 29.8 Å². The first-order valence-electron chi connectivity index (χ1n) is 9.37. The molecule has 1 aromatic rings. The van der Waals surface area contributed by atoms with Gasteiger partial charge in [0.1, 0.15) is 11.7 Å². The minimum Gasteiger partial charge on any atom is -0.300 e. The van der Waals surface area contributed by atoms with Crippen LogP contribution in [0.1, 0.15) is 49.0 Å². The van der Waals surface area contributed by atoms with Crippen LogP contribution >= 0.6 is 0 Å². The predicted octanol–water partition coefficient (Wildman–Crippen LogP) is 2.08. The molecule has 0 unspecified atom stereocenters. The molecule has 3 rings (SSSR count). The molecule has 150 valence electrons. The maximum absolute atomic E-state index is 13.4. The SMILES string of the molecule is CCCCN1C[C@]2([N+](=O)[O-])C(=O)c3ccccc3[C@@]([N+](=O)[O-])(C1)[C@H]2CC(C)=O. The molecular formula is C19H23N3O6. The second-order valence-corrected chi connectivity index (χ2v) is 7.76. The predicted molar refractivity (Wildman–Crippen MR) is 99.3 cm³/mol. The van der Waals surface area contributed by atoms with E-state index in [4.69, 9.17) is 0 Å². The van der Waals surface area contributed by atoms with E-state index >= 15 is 0 Å². The number of benzene rings is 1. The molecule has 0 radical (unpaired) electrons. The Kier molecular flexibility index (Phi) is 5.05. The van der Waals surface area contributed by atoms with Gasteiger partial charge in [-0.2, -0.15) is 0 Å². The third kappa shape index (κ3) is 2.64. The number of rotatable bonds is 7. The number of carbonyl (C=O) groups is 2. The minimum absolute atomic E-state index is 0.0193. The van der Waals surface area contributed by atoms with Crippen LogP contribution in [-0.2, 0) is 10.3 Å². The summed E-state index contributed by atoms with van der Waals surface area (Å²) in [4.78, 5) is 50.6. The van der Waals surface area contributed by atoms with Crippen LogP contribution < -0.4 is 0 Å². The van der Waals surface area contributed by atoms with Gasteiger partial charge >= 0.3 is 5.54 Å². The summed E-state index contributed by atoms with van der Waals surface area (Å²) in [6, 6.07) is 6.05. The van der Waals surface area contributed by atoms with Crippen molar-refractivity contribution in [1.29, 1.82) is 0 Å². The molecule has 0 N–H and O–H groups in total. The molecular weight excluding hydrogens is 366 g/mol. The number of unbranched alkanes of at least 4 members (excludes halogenated alkanes) is 1.